The zero-order valence-corrected chi connectivity index (χ0v) is 22.4. The van der Waals surface area contributed by atoms with Crippen molar-refractivity contribution < 1.29 is 23.9 Å². The summed E-state index contributed by atoms with van der Waals surface area (Å²) in [5.74, 6) is -1.57. The molecule has 1 aliphatic rings. The van der Waals surface area contributed by atoms with E-state index in [1.165, 1.54) is 11.2 Å². The maximum absolute atomic E-state index is 13.3. The number of nitrogens with one attached hydrogen (secondary N) is 4. The maximum Gasteiger partial charge on any atom is 0.255 e. The van der Waals surface area contributed by atoms with E-state index in [0.29, 0.717) is 24.4 Å². The fourth-order valence-corrected chi connectivity index (χ4v) is 4.42. The molecule has 1 aliphatic heterocycles. The first-order chi connectivity index (χ1) is 19.4. The molecule has 11 nitrogen and oxygen atoms in total. The van der Waals surface area contributed by atoms with E-state index in [9.17, 15) is 19.2 Å². The molecule has 0 saturated carbocycles. The molecule has 210 valence electrons. The van der Waals surface area contributed by atoms with Crippen LogP contribution in [-0.4, -0.2) is 77.3 Å². The van der Waals surface area contributed by atoms with Gasteiger partial charge < -0.3 is 30.6 Å². The van der Waals surface area contributed by atoms with E-state index in [2.05, 4.69) is 25.9 Å². The molecule has 2 aromatic carbocycles. The lowest BCUT2D eigenvalue weighted by Gasteiger charge is -2.26. The second-order valence-electron chi connectivity index (χ2n) is 9.62. The molecule has 4 N–H and O–H groups in total. The number of benzene rings is 2. The molecule has 0 bridgehead atoms. The minimum Gasteiger partial charge on any atom is -0.491 e. The Hall–Kier alpha value is -4.67. The highest BCUT2D eigenvalue weighted by atomic mass is 16.5. The number of hydrogen-bond donors (Lipinski definition) is 4. The van der Waals surface area contributed by atoms with Crippen molar-refractivity contribution in [1.82, 2.24) is 30.8 Å². The summed E-state index contributed by atoms with van der Waals surface area (Å²) in [7, 11) is 1.62. The average molecular weight is 547 g/mol. The van der Waals surface area contributed by atoms with Crippen molar-refractivity contribution in [1.29, 1.82) is 0 Å². The largest absolute Gasteiger partial charge is 0.491 e. The van der Waals surface area contributed by atoms with Crippen LogP contribution in [0.3, 0.4) is 0 Å². The van der Waals surface area contributed by atoms with Crippen molar-refractivity contribution >= 4 is 23.6 Å². The average Bonchev–Trinajstić information content (AvgIpc) is 3.47. The van der Waals surface area contributed by atoms with E-state index in [1.807, 2.05) is 30.3 Å². The summed E-state index contributed by atoms with van der Waals surface area (Å²) in [4.78, 5) is 61.2. The van der Waals surface area contributed by atoms with Gasteiger partial charge in [0.25, 0.3) is 5.91 Å². The molecule has 0 radical (unpaired) electrons. The first-order valence-electron chi connectivity index (χ1n) is 13.3. The summed E-state index contributed by atoms with van der Waals surface area (Å²) >= 11 is 0. The van der Waals surface area contributed by atoms with Gasteiger partial charge in [-0.1, -0.05) is 42.5 Å². The highest BCUT2D eigenvalue weighted by molar-refractivity contribution is 6.01. The standard InChI is InChI=1S/C29H34N6O5/c1-35-14-15-40-25-12-6-5-11-22(25)27(37)34-23(28(38)31-13-7-10-20-8-3-2-4-9-20)17-26(36)33-24(29(35)39)16-21-18-30-19-32-21/h2-6,8-9,11-12,18-19,23-24H,7,10,13-17H2,1H3,(H,30,32)(H,31,38)(H,33,36)(H,34,37)/t23-,24-/m0/s1. The summed E-state index contributed by atoms with van der Waals surface area (Å²) in [5.41, 5.74) is 2.05. The third kappa shape index (κ3) is 7.92. The Morgan fingerprint density at radius 2 is 1.85 bits per heavy atom. The first-order valence-corrected chi connectivity index (χ1v) is 13.3. The van der Waals surface area contributed by atoms with Crippen LogP contribution in [-0.2, 0) is 27.2 Å². The van der Waals surface area contributed by atoms with Gasteiger partial charge in [0, 0.05) is 31.9 Å². The second-order valence-corrected chi connectivity index (χ2v) is 9.62. The molecule has 40 heavy (non-hydrogen) atoms. The monoisotopic (exact) mass is 546 g/mol. The molecule has 11 heteroatoms. The third-order valence-electron chi connectivity index (χ3n) is 6.60. The van der Waals surface area contributed by atoms with Gasteiger partial charge in [0.1, 0.15) is 24.4 Å². The van der Waals surface area contributed by atoms with E-state index >= 15 is 0 Å². The quantitative estimate of drug-likeness (QED) is 0.328. The molecule has 0 unspecified atom stereocenters. The summed E-state index contributed by atoms with van der Waals surface area (Å²) in [6.45, 7) is 0.730. The summed E-state index contributed by atoms with van der Waals surface area (Å²) in [5, 5.41) is 8.27. The predicted octanol–water partition coefficient (Wildman–Crippen LogP) is 1.23. The Kier molecular flexibility index (Phi) is 9.87. The van der Waals surface area contributed by atoms with Crippen LogP contribution >= 0.6 is 0 Å². The number of rotatable bonds is 7. The Morgan fingerprint density at radius 3 is 2.62 bits per heavy atom. The van der Waals surface area contributed by atoms with Gasteiger partial charge >= 0.3 is 0 Å². The van der Waals surface area contributed by atoms with Crippen molar-refractivity contribution in [2.24, 2.45) is 0 Å². The third-order valence-corrected chi connectivity index (χ3v) is 6.60. The zero-order chi connectivity index (χ0) is 28.3. The molecule has 0 spiro atoms. The van der Waals surface area contributed by atoms with Crippen molar-refractivity contribution in [2.45, 2.75) is 37.8 Å². The smallest absolute Gasteiger partial charge is 0.255 e. The van der Waals surface area contributed by atoms with E-state index < -0.39 is 29.8 Å². The predicted molar refractivity (Wildman–Crippen MR) is 147 cm³/mol. The lowest BCUT2D eigenvalue weighted by Crippen LogP contribution is -2.53. The zero-order valence-electron chi connectivity index (χ0n) is 22.4. The van der Waals surface area contributed by atoms with Crippen LogP contribution in [0, 0.1) is 0 Å². The number of amides is 4. The Balaban J connectivity index is 1.51. The summed E-state index contributed by atoms with van der Waals surface area (Å²) in [6.07, 6.45) is 4.36. The Labute approximate surface area is 232 Å². The van der Waals surface area contributed by atoms with E-state index in [4.69, 9.17) is 4.74 Å². The molecule has 4 rings (SSSR count). The van der Waals surface area contributed by atoms with Crippen LogP contribution < -0.4 is 20.7 Å². The molecule has 4 amide bonds. The van der Waals surface area contributed by atoms with Gasteiger partial charge in [-0.3, -0.25) is 19.2 Å². The molecule has 0 fully saturated rings. The highest BCUT2D eigenvalue weighted by Gasteiger charge is 2.30. The van der Waals surface area contributed by atoms with Gasteiger partial charge in [-0.15, -0.1) is 0 Å². The van der Waals surface area contributed by atoms with Gasteiger partial charge in [0.05, 0.1) is 24.9 Å². The summed E-state index contributed by atoms with van der Waals surface area (Å²) < 4.78 is 5.84. The molecule has 2 atom stereocenters. The molecule has 1 aromatic heterocycles. The van der Waals surface area contributed by atoms with Crippen molar-refractivity contribution in [3.8, 4) is 5.75 Å². The molecular formula is C29H34N6O5. The first kappa shape index (κ1) is 28.3. The van der Waals surface area contributed by atoms with Crippen molar-refractivity contribution in [2.75, 3.05) is 26.7 Å². The number of likely N-dealkylation sites (N-methyl/N-ethyl adjacent to an activating group) is 1. The number of para-hydroxylation sites is 1. The SMILES string of the molecule is CN1CCOc2ccccc2C(=O)N[C@H](C(=O)NCCCc2ccccc2)CC(=O)N[C@@H](Cc2cnc[nH]2)C1=O. The lowest BCUT2D eigenvalue weighted by molar-refractivity contribution is -0.136. The molecule has 0 saturated heterocycles. The van der Waals surface area contributed by atoms with Crippen molar-refractivity contribution in [3.63, 3.8) is 0 Å². The number of aryl methyl sites for hydroxylation is 1. The van der Waals surface area contributed by atoms with Crippen LogP contribution in [0.25, 0.3) is 0 Å². The number of hydrogen-bond acceptors (Lipinski definition) is 6. The van der Waals surface area contributed by atoms with Crippen LogP contribution in [0.2, 0.25) is 0 Å². The van der Waals surface area contributed by atoms with Crippen molar-refractivity contribution in [3.05, 3.63) is 83.9 Å². The van der Waals surface area contributed by atoms with Gasteiger partial charge in [0.15, 0.2) is 0 Å². The lowest BCUT2D eigenvalue weighted by atomic mass is 10.1. The number of fused-ring (bicyclic) bond motifs is 1. The van der Waals surface area contributed by atoms with E-state index in [0.717, 1.165) is 12.0 Å². The van der Waals surface area contributed by atoms with Gasteiger partial charge in [-0.25, -0.2) is 4.98 Å². The number of imidazole rings is 1. The topological polar surface area (TPSA) is 146 Å². The summed E-state index contributed by atoms with van der Waals surface area (Å²) in [6, 6.07) is 14.5. The fraction of sp³-hybridized carbons (Fsp3) is 0.345. The fourth-order valence-electron chi connectivity index (χ4n) is 4.42. The number of aromatic nitrogens is 2. The Morgan fingerprint density at radius 1 is 1.07 bits per heavy atom. The maximum atomic E-state index is 13.3. The number of nitrogens with zero attached hydrogens (tertiary/aromatic N) is 2. The van der Waals surface area contributed by atoms with Crippen LogP contribution in [0.4, 0.5) is 0 Å². The second kappa shape index (κ2) is 13.9. The molecule has 0 aliphatic carbocycles. The number of ether oxygens (including phenoxy) is 1. The Bertz CT molecular complexity index is 1300. The van der Waals surface area contributed by atoms with Gasteiger partial charge in [-0.05, 0) is 30.5 Å². The van der Waals surface area contributed by atoms with E-state index in [-0.39, 0.29) is 37.5 Å². The minimum absolute atomic E-state index is 0.128. The number of aromatic amines is 1. The highest BCUT2D eigenvalue weighted by Crippen LogP contribution is 2.18. The van der Waals surface area contributed by atoms with Gasteiger partial charge in [-0.2, -0.15) is 0 Å². The number of carbonyl (C=O) groups is 4. The van der Waals surface area contributed by atoms with Crippen LogP contribution in [0.5, 0.6) is 5.75 Å². The normalized spacial score (nSPS) is 18.5. The number of H-pyrrole nitrogens is 1. The minimum atomic E-state index is -1.17. The molecule has 2 heterocycles. The van der Waals surface area contributed by atoms with Gasteiger partial charge in [0.2, 0.25) is 17.7 Å². The van der Waals surface area contributed by atoms with Crippen LogP contribution in [0.1, 0.15) is 34.5 Å². The van der Waals surface area contributed by atoms with Crippen LogP contribution in [0.15, 0.2) is 67.1 Å². The molecule has 3 aromatic rings. The van der Waals surface area contributed by atoms with E-state index in [1.54, 1.807) is 37.5 Å². The molecular weight excluding hydrogens is 512 g/mol. The number of carbonyl (C=O) groups excluding carboxylic acids is 4.